The van der Waals surface area contributed by atoms with E-state index in [9.17, 15) is 4.79 Å². The van der Waals surface area contributed by atoms with E-state index in [1.165, 1.54) is 13.4 Å². The Morgan fingerprint density at radius 2 is 2.30 bits per heavy atom. The Kier molecular flexibility index (Phi) is 4.60. The second-order valence-corrected chi connectivity index (χ2v) is 4.60. The van der Waals surface area contributed by atoms with Crippen LogP contribution in [-0.2, 0) is 9.53 Å². The lowest BCUT2D eigenvalue weighted by Gasteiger charge is -2.22. The number of ether oxygens (including phenoxy) is 2. The number of hydrogen-bond donors (Lipinski definition) is 1. The molecule has 20 heavy (non-hydrogen) atoms. The molecule has 0 saturated heterocycles. The van der Waals surface area contributed by atoms with Crippen molar-refractivity contribution in [3.05, 3.63) is 6.33 Å². The van der Waals surface area contributed by atoms with Gasteiger partial charge >= 0.3 is 5.97 Å². The van der Waals surface area contributed by atoms with Gasteiger partial charge in [0.05, 0.1) is 19.9 Å². The van der Waals surface area contributed by atoms with E-state index in [1.54, 1.807) is 0 Å². The highest BCUT2D eigenvalue weighted by Crippen LogP contribution is 2.38. The molecule has 7 heteroatoms. The minimum absolute atomic E-state index is 0.0608. The minimum Gasteiger partial charge on any atom is -0.476 e. The molecule has 0 aliphatic carbocycles. The van der Waals surface area contributed by atoms with Crippen LogP contribution < -0.4 is 15.0 Å². The van der Waals surface area contributed by atoms with Crippen LogP contribution >= 0.6 is 0 Å². The molecule has 1 unspecified atom stereocenters. The zero-order valence-electron chi connectivity index (χ0n) is 12.0. The Hall–Kier alpha value is -2.05. The summed E-state index contributed by atoms with van der Waals surface area (Å²) in [6.45, 7) is 4.77. The molecule has 1 aromatic heterocycles. The molecule has 0 bridgehead atoms. The molecule has 0 spiro atoms. The summed E-state index contributed by atoms with van der Waals surface area (Å²) in [7, 11) is 1.37. The van der Waals surface area contributed by atoms with E-state index in [2.05, 4.69) is 22.2 Å². The quantitative estimate of drug-likeness (QED) is 0.623. The molecule has 1 atom stereocenters. The third-order valence-electron chi connectivity index (χ3n) is 3.15. The summed E-state index contributed by atoms with van der Waals surface area (Å²) >= 11 is 0. The summed E-state index contributed by atoms with van der Waals surface area (Å²) < 4.78 is 10.4. The van der Waals surface area contributed by atoms with Gasteiger partial charge in [-0.05, 0) is 13.3 Å². The lowest BCUT2D eigenvalue weighted by molar-refractivity contribution is -0.139. The third-order valence-corrected chi connectivity index (χ3v) is 3.15. The van der Waals surface area contributed by atoms with Crippen LogP contribution in [-0.4, -0.2) is 42.4 Å². The smallest absolute Gasteiger partial charge is 0.325 e. The lowest BCUT2D eigenvalue weighted by atomic mass is 10.3. The van der Waals surface area contributed by atoms with Crippen molar-refractivity contribution in [1.82, 2.24) is 9.97 Å². The lowest BCUT2D eigenvalue weighted by Crippen LogP contribution is -2.37. The van der Waals surface area contributed by atoms with Crippen LogP contribution in [0.25, 0.3) is 0 Å². The molecule has 1 aliphatic rings. The molecule has 2 rings (SSSR count). The van der Waals surface area contributed by atoms with E-state index in [0.29, 0.717) is 18.3 Å². The monoisotopic (exact) mass is 280 g/mol. The number of aromatic nitrogens is 2. The molecular formula is C13H20N4O3. The fourth-order valence-electron chi connectivity index (χ4n) is 2.03. The highest BCUT2D eigenvalue weighted by molar-refractivity contribution is 5.83. The molecule has 110 valence electrons. The van der Waals surface area contributed by atoms with Crippen LogP contribution in [0, 0.1) is 0 Å². The van der Waals surface area contributed by atoms with Crippen molar-refractivity contribution in [2.24, 2.45) is 0 Å². The summed E-state index contributed by atoms with van der Waals surface area (Å²) in [6, 6.07) is 0. The number of hydrogen-bond acceptors (Lipinski definition) is 7. The third kappa shape index (κ3) is 2.92. The Morgan fingerprint density at radius 1 is 1.50 bits per heavy atom. The van der Waals surface area contributed by atoms with E-state index >= 15 is 0 Å². The van der Waals surface area contributed by atoms with Crippen molar-refractivity contribution in [2.75, 3.05) is 30.5 Å². The van der Waals surface area contributed by atoms with Crippen molar-refractivity contribution in [3.63, 3.8) is 0 Å². The standard InChI is InChI=1S/C13H20N4O3/c1-4-5-6-20-13-11-12(14-8-15-13)16-9(2)17(11)7-10(18)19-3/h8-9H,4-7H2,1-3H3,(H,14,15,16). The van der Waals surface area contributed by atoms with Gasteiger partial charge in [0.1, 0.15) is 18.6 Å². The number of anilines is 2. The average Bonchev–Trinajstić information content (AvgIpc) is 2.76. The maximum Gasteiger partial charge on any atom is 0.325 e. The van der Waals surface area contributed by atoms with Crippen LogP contribution in [0.1, 0.15) is 26.7 Å². The number of unbranched alkanes of at least 4 members (excludes halogenated alkanes) is 1. The molecule has 0 fully saturated rings. The number of carbonyl (C=O) groups is 1. The van der Waals surface area contributed by atoms with Crippen LogP contribution in [0.5, 0.6) is 5.88 Å². The normalized spacial score (nSPS) is 16.6. The maximum atomic E-state index is 11.5. The molecule has 0 radical (unpaired) electrons. The highest BCUT2D eigenvalue weighted by Gasteiger charge is 2.32. The minimum atomic E-state index is -0.310. The number of nitrogens with zero attached hydrogens (tertiary/aromatic N) is 3. The zero-order valence-corrected chi connectivity index (χ0v) is 12.0. The number of rotatable bonds is 6. The van der Waals surface area contributed by atoms with E-state index in [1.807, 2.05) is 11.8 Å². The first-order valence-electron chi connectivity index (χ1n) is 6.75. The molecule has 7 nitrogen and oxygen atoms in total. The van der Waals surface area contributed by atoms with Gasteiger partial charge in [0, 0.05) is 0 Å². The molecule has 0 amide bonds. The summed E-state index contributed by atoms with van der Waals surface area (Å²) in [5.74, 6) is 0.877. The predicted molar refractivity (Wildman–Crippen MR) is 74.9 cm³/mol. The number of fused-ring (bicyclic) bond motifs is 1. The van der Waals surface area contributed by atoms with Gasteiger partial charge in [-0.3, -0.25) is 4.79 Å². The summed E-state index contributed by atoms with van der Waals surface area (Å²) in [5, 5.41) is 3.19. The van der Waals surface area contributed by atoms with Crippen LogP contribution in [0.4, 0.5) is 11.5 Å². The van der Waals surface area contributed by atoms with Crippen molar-refractivity contribution >= 4 is 17.5 Å². The van der Waals surface area contributed by atoms with Gasteiger partial charge in [-0.15, -0.1) is 0 Å². The van der Waals surface area contributed by atoms with Crippen LogP contribution in [0.3, 0.4) is 0 Å². The van der Waals surface area contributed by atoms with Gasteiger partial charge in [-0.1, -0.05) is 13.3 Å². The van der Waals surface area contributed by atoms with Gasteiger partial charge < -0.3 is 19.7 Å². The van der Waals surface area contributed by atoms with E-state index in [4.69, 9.17) is 9.47 Å². The number of nitrogens with one attached hydrogen (secondary N) is 1. The van der Waals surface area contributed by atoms with E-state index < -0.39 is 0 Å². The van der Waals surface area contributed by atoms with Gasteiger partial charge in [0.25, 0.3) is 0 Å². The second kappa shape index (κ2) is 6.40. The van der Waals surface area contributed by atoms with Gasteiger partial charge in [0.2, 0.25) is 5.88 Å². The SMILES string of the molecule is CCCCOc1ncnc2c1N(CC(=O)OC)C(C)N2. The zero-order chi connectivity index (χ0) is 14.5. The van der Waals surface area contributed by atoms with Crippen molar-refractivity contribution in [1.29, 1.82) is 0 Å². The van der Waals surface area contributed by atoms with Crippen molar-refractivity contribution in [2.45, 2.75) is 32.9 Å². The molecule has 0 aromatic carbocycles. The second-order valence-electron chi connectivity index (χ2n) is 4.60. The molecule has 0 saturated carbocycles. The first-order valence-corrected chi connectivity index (χ1v) is 6.75. The summed E-state index contributed by atoms with van der Waals surface area (Å²) in [5.41, 5.74) is 0.724. The molecule has 1 N–H and O–H groups in total. The molecule has 2 heterocycles. The predicted octanol–water partition coefficient (Wildman–Crippen LogP) is 1.41. The summed E-state index contributed by atoms with van der Waals surface area (Å²) in [6.07, 6.45) is 3.41. The van der Waals surface area contributed by atoms with Gasteiger partial charge in [-0.2, -0.15) is 4.98 Å². The van der Waals surface area contributed by atoms with Crippen molar-refractivity contribution < 1.29 is 14.3 Å². The number of methoxy groups -OCH3 is 1. The molecular weight excluding hydrogens is 260 g/mol. The van der Waals surface area contributed by atoms with Crippen LogP contribution in [0.2, 0.25) is 0 Å². The first kappa shape index (κ1) is 14.4. The Bertz CT molecular complexity index is 481. The van der Waals surface area contributed by atoms with Crippen molar-refractivity contribution in [3.8, 4) is 5.88 Å². The number of esters is 1. The largest absolute Gasteiger partial charge is 0.476 e. The topological polar surface area (TPSA) is 76.6 Å². The Morgan fingerprint density at radius 3 is 3.00 bits per heavy atom. The van der Waals surface area contributed by atoms with Gasteiger partial charge in [-0.25, -0.2) is 4.98 Å². The molecule has 1 aliphatic heterocycles. The summed E-state index contributed by atoms with van der Waals surface area (Å²) in [4.78, 5) is 21.7. The van der Waals surface area contributed by atoms with E-state index in [-0.39, 0.29) is 18.7 Å². The molecule has 1 aromatic rings. The van der Waals surface area contributed by atoms with Gasteiger partial charge in [0.15, 0.2) is 5.82 Å². The fraction of sp³-hybridized carbons (Fsp3) is 0.615. The Balaban J connectivity index is 2.21. The fourth-order valence-corrected chi connectivity index (χ4v) is 2.03. The maximum absolute atomic E-state index is 11.5. The Labute approximate surface area is 118 Å². The average molecular weight is 280 g/mol. The van der Waals surface area contributed by atoms with E-state index in [0.717, 1.165) is 18.5 Å². The first-order chi connectivity index (χ1) is 9.67. The van der Waals surface area contributed by atoms with Crippen LogP contribution in [0.15, 0.2) is 6.33 Å². The highest BCUT2D eigenvalue weighted by atomic mass is 16.5. The number of carbonyl (C=O) groups excluding carboxylic acids is 1.